The number of carbonyl (C=O) groups excluding carboxylic acids is 3. The number of nitrogens with zero attached hydrogens (tertiary/aromatic N) is 3. The minimum atomic E-state index is -0.295. The molecule has 0 aliphatic carbocycles. The van der Waals surface area contributed by atoms with Crippen LogP contribution in [0.25, 0.3) is 0 Å². The molecule has 3 amide bonds. The van der Waals surface area contributed by atoms with Crippen LogP contribution in [0.15, 0.2) is 0 Å². The molecule has 24 heavy (non-hydrogen) atoms. The second kappa shape index (κ2) is 8.49. The smallest absolute Gasteiger partial charge is 0.245 e. The van der Waals surface area contributed by atoms with Gasteiger partial charge in [0.15, 0.2) is 0 Å². The zero-order chi connectivity index (χ0) is 17.7. The number of hydrogen-bond acceptors (Lipinski definition) is 3. The topological polar surface area (TPSA) is 60.9 Å². The van der Waals surface area contributed by atoms with E-state index in [1.165, 1.54) is 0 Å². The number of carbonyl (C=O) groups is 3. The number of amides is 3. The molecule has 2 aliphatic rings. The Kier molecular flexibility index (Phi) is 6.63. The molecular formula is C18H31N3O3. The maximum Gasteiger partial charge on any atom is 0.245 e. The molecular weight excluding hydrogens is 306 g/mol. The lowest BCUT2D eigenvalue weighted by Gasteiger charge is -2.30. The average molecular weight is 337 g/mol. The van der Waals surface area contributed by atoms with Crippen LogP contribution in [-0.2, 0) is 14.4 Å². The zero-order valence-corrected chi connectivity index (χ0v) is 15.3. The van der Waals surface area contributed by atoms with Crippen LogP contribution >= 0.6 is 0 Å². The van der Waals surface area contributed by atoms with Gasteiger partial charge >= 0.3 is 0 Å². The standard InChI is InChI=1S/C18H31N3O3/c1-4-7-16(22)21-11-5-8-15(21)18(24)20-10-6-9-19(12-13-20)17(23)14(2)3/h14-15H,4-13H2,1-3H3. The van der Waals surface area contributed by atoms with Gasteiger partial charge in [-0.25, -0.2) is 0 Å². The van der Waals surface area contributed by atoms with E-state index in [-0.39, 0.29) is 29.7 Å². The minimum Gasteiger partial charge on any atom is -0.341 e. The van der Waals surface area contributed by atoms with Gasteiger partial charge in [-0.1, -0.05) is 20.8 Å². The molecule has 0 N–H and O–H groups in total. The van der Waals surface area contributed by atoms with Crippen molar-refractivity contribution in [1.29, 1.82) is 0 Å². The summed E-state index contributed by atoms with van der Waals surface area (Å²) < 4.78 is 0. The normalized spacial score (nSPS) is 22.0. The quantitative estimate of drug-likeness (QED) is 0.781. The Morgan fingerprint density at radius 2 is 1.62 bits per heavy atom. The molecule has 2 aliphatic heterocycles. The lowest BCUT2D eigenvalue weighted by atomic mass is 10.1. The zero-order valence-electron chi connectivity index (χ0n) is 15.3. The summed E-state index contributed by atoms with van der Waals surface area (Å²) in [5.74, 6) is 0.310. The third kappa shape index (κ3) is 4.28. The first-order valence-electron chi connectivity index (χ1n) is 9.32. The molecule has 136 valence electrons. The summed E-state index contributed by atoms with van der Waals surface area (Å²) >= 11 is 0. The van der Waals surface area contributed by atoms with Gasteiger partial charge in [-0.3, -0.25) is 14.4 Å². The van der Waals surface area contributed by atoms with Crippen molar-refractivity contribution >= 4 is 17.7 Å². The Morgan fingerprint density at radius 3 is 2.29 bits per heavy atom. The Balaban J connectivity index is 1.97. The predicted octanol–water partition coefficient (Wildman–Crippen LogP) is 1.49. The molecule has 0 aromatic carbocycles. The number of hydrogen-bond donors (Lipinski definition) is 0. The van der Waals surface area contributed by atoms with Crippen LogP contribution in [0.3, 0.4) is 0 Å². The summed E-state index contributed by atoms with van der Waals surface area (Å²) in [5, 5.41) is 0. The van der Waals surface area contributed by atoms with Crippen molar-refractivity contribution in [2.45, 2.75) is 58.9 Å². The molecule has 0 aromatic rings. The Morgan fingerprint density at radius 1 is 0.958 bits per heavy atom. The van der Waals surface area contributed by atoms with Gasteiger partial charge in [0.2, 0.25) is 17.7 Å². The van der Waals surface area contributed by atoms with Crippen LogP contribution in [0, 0.1) is 5.92 Å². The summed E-state index contributed by atoms with van der Waals surface area (Å²) in [4.78, 5) is 42.8. The van der Waals surface area contributed by atoms with E-state index in [4.69, 9.17) is 0 Å². The fraction of sp³-hybridized carbons (Fsp3) is 0.833. The summed E-state index contributed by atoms with van der Waals surface area (Å²) in [6.07, 6.45) is 3.80. The van der Waals surface area contributed by atoms with Crippen molar-refractivity contribution in [1.82, 2.24) is 14.7 Å². The molecule has 6 heteroatoms. The van der Waals surface area contributed by atoms with E-state index >= 15 is 0 Å². The van der Waals surface area contributed by atoms with E-state index in [9.17, 15) is 14.4 Å². The highest BCUT2D eigenvalue weighted by molar-refractivity contribution is 5.88. The molecule has 2 heterocycles. The molecule has 1 unspecified atom stereocenters. The van der Waals surface area contributed by atoms with Crippen LogP contribution in [0.4, 0.5) is 0 Å². The third-order valence-corrected chi connectivity index (χ3v) is 4.94. The molecule has 1 atom stereocenters. The van der Waals surface area contributed by atoms with E-state index in [1.54, 1.807) is 4.90 Å². The largest absolute Gasteiger partial charge is 0.341 e. The molecule has 2 saturated heterocycles. The van der Waals surface area contributed by atoms with Gasteiger partial charge in [0.1, 0.15) is 6.04 Å². The van der Waals surface area contributed by atoms with Crippen molar-refractivity contribution < 1.29 is 14.4 Å². The molecule has 2 fully saturated rings. The van der Waals surface area contributed by atoms with Crippen molar-refractivity contribution in [3.05, 3.63) is 0 Å². The van der Waals surface area contributed by atoms with Gasteiger partial charge in [-0.2, -0.15) is 0 Å². The van der Waals surface area contributed by atoms with Gasteiger partial charge in [-0.05, 0) is 25.7 Å². The van der Waals surface area contributed by atoms with Crippen molar-refractivity contribution in [2.75, 3.05) is 32.7 Å². The first kappa shape index (κ1) is 18.7. The van der Waals surface area contributed by atoms with Gasteiger partial charge in [0.25, 0.3) is 0 Å². The van der Waals surface area contributed by atoms with Gasteiger partial charge in [0, 0.05) is 45.1 Å². The van der Waals surface area contributed by atoms with E-state index < -0.39 is 0 Å². The fourth-order valence-electron chi connectivity index (χ4n) is 3.61. The summed E-state index contributed by atoms with van der Waals surface area (Å²) in [7, 11) is 0. The molecule has 6 nitrogen and oxygen atoms in total. The van der Waals surface area contributed by atoms with Gasteiger partial charge < -0.3 is 14.7 Å². The number of rotatable bonds is 4. The van der Waals surface area contributed by atoms with Crippen LogP contribution < -0.4 is 0 Å². The highest BCUT2D eigenvalue weighted by Crippen LogP contribution is 2.21. The minimum absolute atomic E-state index is 0.00996. The Labute approximate surface area is 145 Å². The van der Waals surface area contributed by atoms with Crippen molar-refractivity contribution in [3.8, 4) is 0 Å². The molecule has 0 aromatic heterocycles. The van der Waals surface area contributed by atoms with Crippen LogP contribution in [0.5, 0.6) is 0 Å². The maximum atomic E-state index is 12.9. The van der Waals surface area contributed by atoms with E-state index in [2.05, 4.69) is 0 Å². The molecule has 2 rings (SSSR count). The van der Waals surface area contributed by atoms with Gasteiger partial charge in [0.05, 0.1) is 0 Å². The highest BCUT2D eigenvalue weighted by atomic mass is 16.2. The second-order valence-electron chi connectivity index (χ2n) is 7.15. The Bertz CT molecular complexity index is 478. The molecule has 0 saturated carbocycles. The predicted molar refractivity (Wildman–Crippen MR) is 92.3 cm³/mol. The first-order valence-corrected chi connectivity index (χ1v) is 9.32. The Hall–Kier alpha value is -1.59. The maximum absolute atomic E-state index is 12.9. The van der Waals surface area contributed by atoms with Crippen LogP contribution in [0.2, 0.25) is 0 Å². The lowest BCUT2D eigenvalue weighted by molar-refractivity contribution is -0.144. The average Bonchev–Trinajstić information content (AvgIpc) is 2.91. The molecule has 0 spiro atoms. The molecule has 0 radical (unpaired) electrons. The van der Waals surface area contributed by atoms with Crippen LogP contribution in [0.1, 0.15) is 52.9 Å². The summed E-state index contributed by atoms with van der Waals surface area (Å²) in [6.45, 7) is 9.05. The van der Waals surface area contributed by atoms with E-state index in [0.717, 1.165) is 25.7 Å². The van der Waals surface area contributed by atoms with E-state index in [0.29, 0.717) is 39.1 Å². The molecule has 0 bridgehead atoms. The van der Waals surface area contributed by atoms with E-state index in [1.807, 2.05) is 30.6 Å². The summed E-state index contributed by atoms with van der Waals surface area (Å²) in [6, 6.07) is -0.295. The monoisotopic (exact) mass is 337 g/mol. The third-order valence-electron chi connectivity index (χ3n) is 4.94. The van der Waals surface area contributed by atoms with Crippen molar-refractivity contribution in [3.63, 3.8) is 0 Å². The lowest BCUT2D eigenvalue weighted by Crippen LogP contribution is -2.49. The first-order chi connectivity index (χ1) is 11.5. The fourth-order valence-corrected chi connectivity index (χ4v) is 3.61. The second-order valence-corrected chi connectivity index (χ2v) is 7.15. The van der Waals surface area contributed by atoms with Gasteiger partial charge in [-0.15, -0.1) is 0 Å². The van der Waals surface area contributed by atoms with Crippen molar-refractivity contribution in [2.24, 2.45) is 5.92 Å². The number of likely N-dealkylation sites (tertiary alicyclic amines) is 1. The van der Waals surface area contributed by atoms with Crippen LogP contribution in [-0.4, -0.2) is 71.2 Å². The SMILES string of the molecule is CCCC(=O)N1CCCC1C(=O)N1CCCN(C(=O)C(C)C)CC1. The highest BCUT2D eigenvalue weighted by Gasteiger charge is 2.36. The summed E-state index contributed by atoms with van der Waals surface area (Å²) in [5.41, 5.74) is 0.